The van der Waals surface area contributed by atoms with Crippen LogP contribution in [0, 0.1) is 0 Å². The summed E-state index contributed by atoms with van der Waals surface area (Å²) in [6.07, 6.45) is -2.50. The third-order valence-corrected chi connectivity index (χ3v) is 3.25. The highest BCUT2D eigenvalue weighted by Gasteiger charge is 2.32. The van der Waals surface area contributed by atoms with Crippen LogP contribution >= 0.6 is 0 Å². The van der Waals surface area contributed by atoms with Crippen molar-refractivity contribution in [2.24, 2.45) is 0 Å². The van der Waals surface area contributed by atoms with Gasteiger partial charge < -0.3 is 9.72 Å². The molecule has 0 fully saturated rings. The second-order valence-corrected chi connectivity index (χ2v) is 4.69. The molecule has 0 amide bonds. The summed E-state index contributed by atoms with van der Waals surface area (Å²) < 4.78 is 41.4. The molecule has 0 aliphatic heterocycles. The highest BCUT2D eigenvalue weighted by atomic mass is 19.4. The largest absolute Gasteiger partial charge is 0.573 e. The summed E-state index contributed by atoms with van der Waals surface area (Å²) in [5.41, 5.74) is 2.39. The fourth-order valence-electron chi connectivity index (χ4n) is 2.36. The van der Waals surface area contributed by atoms with Crippen LogP contribution in [0.5, 0.6) is 5.75 Å². The average Bonchev–Trinajstić information content (AvgIpc) is 2.83. The van der Waals surface area contributed by atoms with Crippen LogP contribution in [-0.2, 0) is 6.42 Å². The Balaban J connectivity index is 1.95. The predicted octanol–water partition coefficient (Wildman–Crippen LogP) is 4.66. The number of hydrogen-bond acceptors (Lipinski definition) is 1. The molecule has 0 atom stereocenters. The van der Waals surface area contributed by atoms with E-state index < -0.39 is 6.36 Å². The molecule has 2 aromatic carbocycles. The molecular weight excluding hydrogens is 279 g/mol. The number of rotatable bonds is 3. The molecule has 0 saturated carbocycles. The van der Waals surface area contributed by atoms with E-state index in [0.29, 0.717) is 12.0 Å². The molecule has 0 unspecified atom stereocenters. The minimum Gasteiger partial charge on any atom is -0.405 e. The van der Waals surface area contributed by atoms with E-state index >= 15 is 0 Å². The Kier molecular flexibility index (Phi) is 3.33. The summed E-state index contributed by atoms with van der Waals surface area (Å²) in [6.45, 7) is 0. The van der Waals surface area contributed by atoms with E-state index in [4.69, 9.17) is 0 Å². The Morgan fingerprint density at radius 2 is 1.62 bits per heavy atom. The number of benzene rings is 2. The molecule has 1 N–H and O–H groups in total. The first-order valence-corrected chi connectivity index (χ1v) is 6.41. The molecule has 21 heavy (non-hydrogen) atoms. The number of para-hydroxylation sites is 2. The van der Waals surface area contributed by atoms with E-state index in [2.05, 4.69) is 9.72 Å². The molecule has 0 saturated heterocycles. The highest BCUT2D eigenvalue weighted by Crippen LogP contribution is 2.29. The predicted molar refractivity (Wildman–Crippen MR) is 74.2 cm³/mol. The Hall–Kier alpha value is -2.43. The summed E-state index contributed by atoms with van der Waals surface area (Å²) in [7, 11) is 0. The molecule has 1 aromatic heterocycles. The van der Waals surface area contributed by atoms with E-state index in [-0.39, 0.29) is 5.75 Å². The van der Waals surface area contributed by atoms with Gasteiger partial charge in [-0.2, -0.15) is 0 Å². The maximum absolute atomic E-state index is 12.4. The number of halogens is 3. The molecule has 3 aromatic rings. The normalized spacial score (nSPS) is 11.8. The summed E-state index contributed by atoms with van der Waals surface area (Å²) in [4.78, 5) is 3.11. The van der Waals surface area contributed by atoms with Crippen molar-refractivity contribution in [2.75, 3.05) is 0 Å². The lowest BCUT2D eigenvalue weighted by Crippen LogP contribution is -2.18. The van der Waals surface area contributed by atoms with Gasteiger partial charge in [0.1, 0.15) is 5.75 Å². The van der Waals surface area contributed by atoms with E-state index in [1.165, 1.54) is 12.1 Å². The molecule has 0 spiro atoms. The minimum absolute atomic E-state index is 0.157. The van der Waals surface area contributed by atoms with Crippen molar-refractivity contribution in [3.63, 3.8) is 0 Å². The van der Waals surface area contributed by atoms with Crippen molar-refractivity contribution < 1.29 is 17.9 Å². The van der Waals surface area contributed by atoms with Crippen LogP contribution in [0.25, 0.3) is 10.9 Å². The number of H-pyrrole nitrogens is 1. The molecule has 0 aliphatic carbocycles. The summed E-state index contributed by atoms with van der Waals surface area (Å²) in [6, 6.07) is 13.9. The van der Waals surface area contributed by atoms with E-state index in [0.717, 1.165) is 16.5 Å². The van der Waals surface area contributed by atoms with Gasteiger partial charge in [-0.05, 0) is 23.3 Å². The quantitative estimate of drug-likeness (QED) is 0.746. The fraction of sp³-hybridized carbons (Fsp3) is 0.125. The SMILES string of the molecule is FC(F)(F)Oc1ccccc1Cc1c[nH]c2ccccc12. The molecule has 3 rings (SSSR count). The van der Waals surface area contributed by atoms with Gasteiger partial charge >= 0.3 is 6.36 Å². The van der Waals surface area contributed by atoms with E-state index in [9.17, 15) is 13.2 Å². The van der Waals surface area contributed by atoms with Crippen LogP contribution in [0.1, 0.15) is 11.1 Å². The van der Waals surface area contributed by atoms with Crippen LogP contribution in [0.3, 0.4) is 0 Å². The van der Waals surface area contributed by atoms with E-state index in [1.54, 1.807) is 12.1 Å². The monoisotopic (exact) mass is 291 g/mol. The van der Waals surface area contributed by atoms with Crippen LogP contribution in [0.15, 0.2) is 54.7 Å². The molecule has 5 heteroatoms. The topological polar surface area (TPSA) is 25.0 Å². The van der Waals surface area contributed by atoms with Gasteiger partial charge in [-0.25, -0.2) is 0 Å². The van der Waals surface area contributed by atoms with Crippen LogP contribution in [-0.4, -0.2) is 11.3 Å². The first-order valence-electron chi connectivity index (χ1n) is 6.41. The molecule has 1 heterocycles. The van der Waals surface area contributed by atoms with Gasteiger partial charge in [-0.15, -0.1) is 13.2 Å². The second-order valence-electron chi connectivity index (χ2n) is 4.69. The molecule has 2 nitrogen and oxygen atoms in total. The number of fused-ring (bicyclic) bond motifs is 1. The van der Waals surface area contributed by atoms with Crippen molar-refractivity contribution in [1.29, 1.82) is 0 Å². The van der Waals surface area contributed by atoms with Crippen molar-refractivity contribution in [2.45, 2.75) is 12.8 Å². The molecule has 0 radical (unpaired) electrons. The standard InChI is InChI=1S/C16H12F3NO/c17-16(18,19)21-15-8-4-1-5-11(15)9-12-10-20-14-7-3-2-6-13(12)14/h1-8,10,20H,9H2. The minimum atomic E-state index is -4.68. The van der Waals surface area contributed by atoms with Crippen molar-refractivity contribution >= 4 is 10.9 Å². The lowest BCUT2D eigenvalue weighted by Gasteiger charge is -2.12. The Bertz CT molecular complexity index is 761. The maximum atomic E-state index is 12.4. The van der Waals surface area contributed by atoms with Crippen LogP contribution in [0.2, 0.25) is 0 Å². The Morgan fingerprint density at radius 1 is 0.905 bits per heavy atom. The van der Waals surface area contributed by atoms with Crippen molar-refractivity contribution in [1.82, 2.24) is 4.98 Å². The van der Waals surface area contributed by atoms with Gasteiger partial charge in [0.25, 0.3) is 0 Å². The fourth-order valence-corrected chi connectivity index (χ4v) is 2.36. The Morgan fingerprint density at radius 3 is 2.43 bits per heavy atom. The van der Waals surface area contributed by atoms with Gasteiger partial charge in [0, 0.05) is 23.5 Å². The van der Waals surface area contributed by atoms with Gasteiger partial charge in [0.2, 0.25) is 0 Å². The summed E-state index contributed by atoms with van der Waals surface area (Å²) >= 11 is 0. The molecular formula is C16H12F3NO. The van der Waals surface area contributed by atoms with Crippen molar-refractivity contribution in [3.8, 4) is 5.75 Å². The zero-order chi connectivity index (χ0) is 14.9. The van der Waals surface area contributed by atoms with Crippen LogP contribution in [0.4, 0.5) is 13.2 Å². The maximum Gasteiger partial charge on any atom is 0.573 e. The summed E-state index contributed by atoms with van der Waals surface area (Å²) in [5, 5.41) is 0.999. The first-order chi connectivity index (χ1) is 10.0. The van der Waals surface area contributed by atoms with Crippen LogP contribution < -0.4 is 4.74 Å². The van der Waals surface area contributed by atoms with Gasteiger partial charge in [0.15, 0.2) is 0 Å². The smallest absolute Gasteiger partial charge is 0.405 e. The zero-order valence-electron chi connectivity index (χ0n) is 10.9. The molecule has 0 bridgehead atoms. The van der Waals surface area contributed by atoms with Crippen molar-refractivity contribution in [3.05, 3.63) is 65.9 Å². The third-order valence-electron chi connectivity index (χ3n) is 3.25. The van der Waals surface area contributed by atoms with Gasteiger partial charge in [-0.1, -0.05) is 36.4 Å². The highest BCUT2D eigenvalue weighted by molar-refractivity contribution is 5.83. The second kappa shape index (κ2) is 5.16. The van der Waals surface area contributed by atoms with Gasteiger partial charge in [0.05, 0.1) is 0 Å². The molecule has 0 aliphatic rings. The van der Waals surface area contributed by atoms with Gasteiger partial charge in [-0.3, -0.25) is 0 Å². The zero-order valence-corrected chi connectivity index (χ0v) is 10.9. The number of ether oxygens (including phenoxy) is 1. The summed E-state index contributed by atoms with van der Waals surface area (Å²) in [5.74, 6) is -0.157. The number of aromatic nitrogens is 1. The Labute approximate surface area is 119 Å². The number of aromatic amines is 1. The average molecular weight is 291 g/mol. The lowest BCUT2D eigenvalue weighted by atomic mass is 10.0. The number of nitrogens with one attached hydrogen (secondary N) is 1. The molecule has 108 valence electrons. The lowest BCUT2D eigenvalue weighted by molar-refractivity contribution is -0.274. The number of hydrogen-bond donors (Lipinski definition) is 1. The third kappa shape index (κ3) is 3.02. The number of alkyl halides is 3. The first kappa shape index (κ1) is 13.5. The van der Waals surface area contributed by atoms with E-state index in [1.807, 2.05) is 30.5 Å².